The summed E-state index contributed by atoms with van der Waals surface area (Å²) in [6.45, 7) is 2.32. The molecule has 11 heteroatoms. The number of ether oxygens (including phenoxy) is 2. The summed E-state index contributed by atoms with van der Waals surface area (Å²) in [5.41, 5.74) is 1.26. The van der Waals surface area contributed by atoms with Gasteiger partial charge in [-0.05, 0) is 62.1 Å². The zero-order valence-electron chi connectivity index (χ0n) is 20.9. The van der Waals surface area contributed by atoms with Crippen molar-refractivity contribution in [3.05, 3.63) is 42.5 Å². The molecule has 196 valence electrons. The van der Waals surface area contributed by atoms with Crippen LogP contribution in [-0.4, -0.2) is 74.1 Å². The van der Waals surface area contributed by atoms with Crippen LogP contribution in [0, 0.1) is 5.92 Å². The van der Waals surface area contributed by atoms with Crippen LogP contribution in [-0.2, 0) is 14.8 Å². The van der Waals surface area contributed by atoms with E-state index in [1.165, 1.54) is 4.31 Å². The zero-order chi connectivity index (χ0) is 26.0. The molecule has 2 aromatic carbocycles. The third-order valence-corrected chi connectivity index (χ3v) is 8.91. The SMILES string of the molecule is COc1cc(OC)cc(-c2nc(-c3ccc(S(=O)(=O)N4CCC(C(=O)N5CCCC5)CC4)cc3)no2)c1. The number of carbonyl (C=O) groups is 1. The van der Waals surface area contributed by atoms with Crippen LogP contribution in [0.2, 0.25) is 0 Å². The highest BCUT2D eigenvalue weighted by Crippen LogP contribution is 2.31. The Balaban J connectivity index is 1.27. The Morgan fingerprint density at radius 1 is 0.919 bits per heavy atom. The van der Waals surface area contributed by atoms with Gasteiger partial charge >= 0.3 is 0 Å². The quantitative estimate of drug-likeness (QED) is 0.460. The first-order valence-corrected chi connectivity index (χ1v) is 13.8. The van der Waals surface area contributed by atoms with E-state index < -0.39 is 10.0 Å². The topological polar surface area (TPSA) is 115 Å². The van der Waals surface area contributed by atoms with Crippen LogP contribution in [0.5, 0.6) is 11.5 Å². The first kappa shape index (κ1) is 25.2. The van der Waals surface area contributed by atoms with Gasteiger partial charge in [0.25, 0.3) is 5.89 Å². The maximum Gasteiger partial charge on any atom is 0.258 e. The summed E-state index contributed by atoms with van der Waals surface area (Å²) in [6.07, 6.45) is 3.20. The van der Waals surface area contributed by atoms with E-state index in [0.717, 1.165) is 25.9 Å². The molecule has 3 aromatic rings. The monoisotopic (exact) mass is 526 g/mol. The molecular formula is C26H30N4O6S. The first-order valence-electron chi connectivity index (χ1n) is 12.4. The summed E-state index contributed by atoms with van der Waals surface area (Å²) in [5, 5.41) is 4.05. The number of hydrogen-bond donors (Lipinski definition) is 0. The average molecular weight is 527 g/mol. The second-order valence-electron chi connectivity index (χ2n) is 9.26. The number of sulfonamides is 1. The lowest BCUT2D eigenvalue weighted by molar-refractivity contribution is -0.135. The summed E-state index contributed by atoms with van der Waals surface area (Å²) in [5.74, 6) is 1.88. The van der Waals surface area contributed by atoms with Crippen molar-refractivity contribution in [2.75, 3.05) is 40.4 Å². The molecule has 0 spiro atoms. The fraction of sp³-hybridized carbons (Fsp3) is 0.423. The van der Waals surface area contributed by atoms with E-state index in [4.69, 9.17) is 14.0 Å². The van der Waals surface area contributed by atoms with E-state index in [0.29, 0.717) is 54.4 Å². The standard InChI is InChI=1S/C26H30N4O6S/c1-34-21-15-20(16-22(17-21)35-2)25-27-24(28-36-25)18-5-7-23(8-6-18)37(32,33)30-13-9-19(10-14-30)26(31)29-11-3-4-12-29/h5-8,15-17,19H,3-4,9-14H2,1-2H3. The fourth-order valence-electron chi connectivity index (χ4n) is 4.85. The number of amides is 1. The molecule has 0 bridgehead atoms. The second kappa shape index (κ2) is 10.5. The molecule has 0 saturated carbocycles. The molecule has 1 amide bonds. The van der Waals surface area contributed by atoms with Gasteiger partial charge in [0, 0.05) is 49.3 Å². The molecule has 1 aromatic heterocycles. The van der Waals surface area contributed by atoms with Gasteiger partial charge in [-0.3, -0.25) is 4.79 Å². The third-order valence-electron chi connectivity index (χ3n) is 7.00. The van der Waals surface area contributed by atoms with E-state index in [9.17, 15) is 13.2 Å². The number of nitrogens with zero attached hydrogens (tertiary/aromatic N) is 4. The number of likely N-dealkylation sites (tertiary alicyclic amines) is 1. The molecule has 0 unspecified atom stereocenters. The number of aromatic nitrogens is 2. The van der Waals surface area contributed by atoms with E-state index >= 15 is 0 Å². The van der Waals surface area contributed by atoms with Crippen molar-refractivity contribution >= 4 is 15.9 Å². The van der Waals surface area contributed by atoms with Gasteiger partial charge < -0.3 is 18.9 Å². The Kier molecular flexibility index (Phi) is 7.16. The predicted octanol–water partition coefficient (Wildman–Crippen LogP) is 3.44. The molecule has 0 aliphatic carbocycles. The van der Waals surface area contributed by atoms with Crippen molar-refractivity contribution in [2.45, 2.75) is 30.6 Å². The Morgan fingerprint density at radius 3 is 2.14 bits per heavy atom. The zero-order valence-corrected chi connectivity index (χ0v) is 21.7. The number of rotatable bonds is 7. The highest BCUT2D eigenvalue weighted by Gasteiger charge is 2.34. The van der Waals surface area contributed by atoms with Gasteiger partial charge in [-0.15, -0.1) is 0 Å². The number of methoxy groups -OCH3 is 2. The molecule has 0 atom stereocenters. The van der Waals surface area contributed by atoms with Crippen LogP contribution in [0.25, 0.3) is 22.8 Å². The van der Waals surface area contributed by atoms with E-state index in [2.05, 4.69) is 10.1 Å². The van der Waals surface area contributed by atoms with Crippen molar-refractivity contribution in [3.63, 3.8) is 0 Å². The Labute approximate surface area is 216 Å². The summed E-state index contributed by atoms with van der Waals surface area (Å²) in [4.78, 5) is 19.3. The minimum absolute atomic E-state index is 0.0936. The van der Waals surface area contributed by atoms with Gasteiger partial charge in [0.1, 0.15) is 11.5 Å². The van der Waals surface area contributed by atoms with Gasteiger partial charge in [-0.1, -0.05) is 5.16 Å². The molecule has 2 saturated heterocycles. The van der Waals surface area contributed by atoms with E-state index in [1.807, 2.05) is 4.90 Å². The molecular weight excluding hydrogens is 496 g/mol. The Morgan fingerprint density at radius 2 is 1.54 bits per heavy atom. The molecule has 37 heavy (non-hydrogen) atoms. The predicted molar refractivity (Wildman–Crippen MR) is 136 cm³/mol. The van der Waals surface area contributed by atoms with Crippen molar-refractivity contribution in [3.8, 4) is 34.3 Å². The Hall–Kier alpha value is -3.44. The van der Waals surface area contributed by atoms with Gasteiger partial charge in [0.2, 0.25) is 21.8 Å². The lowest BCUT2D eigenvalue weighted by Gasteiger charge is -2.32. The molecule has 2 fully saturated rings. The average Bonchev–Trinajstić information content (AvgIpc) is 3.66. The number of benzene rings is 2. The van der Waals surface area contributed by atoms with Gasteiger partial charge in [-0.2, -0.15) is 9.29 Å². The minimum Gasteiger partial charge on any atom is -0.497 e. The first-order chi connectivity index (χ1) is 17.9. The third kappa shape index (κ3) is 5.19. The largest absolute Gasteiger partial charge is 0.497 e. The summed E-state index contributed by atoms with van der Waals surface area (Å²) in [6, 6.07) is 11.7. The number of hydrogen-bond acceptors (Lipinski definition) is 8. The van der Waals surface area contributed by atoms with Crippen LogP contribution in [0.4, 0.5) is 0 Å². The van der Waals surface area contributed by atoms with Crippen molar-refractivity contribution in [1.29, 1.82) is 0 Å². The number of carbonyl (C=O) groups excluding carboxylic acids is 1. The molecule has 0 N–H and O–H groups in total. The molecule has 10 nitrogen and oxygen atoms in total. The van der Waals surface area contributed by atoms with Crippen LogP contribution in [0.1, 0.15) is 25.7 Å². The van der Waals surface area contributed by atoms with Crippen molar-refractivity contribution in [2.24, 2.45) is 5.92 Å². The van der Waals surface area contributed by atoms with Crippen LogP contribution in [0.15, 0.2) is 51.9 Å². The van der Waals surface area contributed by atoms with Gasteiger partial charge in [0.15, 0.2) is 0 Å². The molecule has 3 heterocycles. The molecule has 5 rings (SSSR count). The van der Waals surface area contributed by atoms with Gasteiger partial charge in [0.05, 0.1) is 19.1 Å². The fourth-order valence-corrected chi connectivity index (χ4v) is 6.32. The van der Waals surface area contributed by atoms with Crippen LogP contribution < -0.4 is 9.47 Å². The summed E-state index contributed by atoms with van der Waals surface area (Å²) in [7, 11) is -0.547. The van der Waals surface area contributed by atoms with E-state index in [1.54, 1.807) is 56.7 Å². The highest BCUT2D eigenvalue weighted by atomic mass is 32.2. The van der Waals surface area contributed by atoms with E-state index in [-0.39, 0.29) is 22.6 Å². The van der Waals surface area contributed by atoms with Crippen LogP contribution >= 0.6 is 0 Å². The van der Waals surface area contributed by atoms with Gasteiger partial charge in [-0.25, -0.2) is 8.42 Å². The lowest BCUT2D eigenvalue weighted by atomic mass is 9.97. The molecule has 2 aliphatic rings. The van der Waals surface area contributed by atoms with Crippen molar-refractivity contribution < 1.29 is 27.2 Å². The smallest absolute Gasteiger partial charge is 0.258 e. The maximum absolute atomic E-state index is 13.2. The summed E-state index contributed by atoms with van der Waals surface area (Å²) < 4.78 is 44.0. The second-order valence-corrected chi connectivity index (χ2v) is 11.2. The molecule has 2 aliphatic heterocycles. The maximum atomic E-state index is 13.2. The summed E-state index contributed by atoms with van der Waals surface area (Å²) >= 11 is 0. The minimum atomic E-state index is -3.67. The normalized spacial score (nSPS) is 17.2. The number of piperidine rings is 1. The highest BCUT2D eigenvalue weighted by molar-refractivity contribution is 7.89. The molecule has 0 radical (unpaired) electrons. The van der Waals surface area contributed by atoms with Crippen molar-refractivity contribution in [1.82, 2.24) is 19.3 Å². The lowest BCUT2D eigenvalue weighted by Crippen LogP contribution is -2.43. The Bertz CT molecular complexity index is 1340. The van der Waals surface area contributed by atoms with Crippen LogP contribution in [0.3, 0.4) is 0 Å².